The van der Waals surface area contributed by atoms with Crippen molar-refractivity contribution >= 4 is 23.6 Å². The van der Waals surface area contributed by atoms with Crippen LogP contribution in [-0.2, 0) is 15.3 Å². The Morgan fingerprint density at radius 3 is 2.90 bits per heavy atom. The normalized spacial score (nSPS) is 17.6. The molecule has 6 heteroatoms. The van der Waals surface area contributed by atoms with Gasteiger partial charge in [-0.05, 0) is 24.5 Å². The lowest BCUT2D eigenvalue weighted by atomic mass is 10.1. The molecular formula is C15H19NO4S. The molecule has 1 atom stereocenters. The summed E-state index contributed by atoms with van der Waals surface area (Å²) in [7, 11) is 0. The second-order valence-electron chi connectivity index (χ2n) is 4.89. The van der Waals surface area contributed by atoms with E-state index in [1.54, 1.807) is 24.3 Å². The minimum absolute atomic E-state index is 0.0386. The van der Waals surface area contributed by atoms with Gasteiger partial charge in [0.05, 0.1) is 17.4 Å². The van der Waals surface area contributed by atoms with Crippen LogP contribution in [0, 0.1) is 0 Å². The van der Waals surface area contributed by atoms with Gasteiger partial charge in [0.2, 0.25) is 5.91 Å². The molecule has 2 N–H and O–H groups in total. The summed E-state index contributed by atoms with van der Waals surface area (Å²) in [6.45, 7) is 1.34. The molecule has 0 saturated carbocycles. The molecule has 1 aliphatic heterocycles. The van der Waals surface area contributed by atoms with Crippen molar-refractivity contribution in [3.63, 3.8) is 0 Å². The van der Waals surface area contributed by atoms with Crippen LogP contribution in [0.25, 0.3) is 0 Å². The van der Waals surface area contributed by atoms with E-state index >= 15 is 0 Å². The Kier molecular flexibility index (Phi) is 6.07. The van der Waals surface area contributed by atoms with E-state index in [-0.39, 0.29) is 12.0 Å². The summed E-state index contributed by atoms with van der Waals surface area (Å²) < 4.78 is 5.43. The van der Waals surface area contributed by atoms with Crippen LogP contribution >= 0.6 is 11.8 Å². The van der Waals surface area contributed by atoms with Gasteiger partial charge in [0.25, 0.3) is 0 Å². The number of aromatic carboxylic acids is 1. The molecule has 114 valence electrons. The molecular weight excluding hydrogens is 290 g/mol. The molecule has 1 saturated heterocycles. The fourth-order valence-electron chi connectivity index (χ4n) is 2.19. The van der Waals surface area contributed by atoms with Gasteiger partial charge in [-0.15, -0.1) is 11.8 Å². The van der Waals surface area contributed by atoms with Crippen molar-refractivity contribution in [3.8, 4) is 0 Å². The molecule has 0 radical (unpaired) electrons. The lowest BCUT2D eigenvalue weighted by molar-refractivity contribution is -0.119. The highest BCUT2D eigenvalue weighted by molar-refractivity contribution is 7.99. The van der Waals surface area contributed by atoms with Gasteiger partial charge in [-0.1, -0.05) is 18.2 Å². The molecule has 0 spiro atoms. The van der Waals surface area contributed by atoms with E-state index in [1.165, 1.54) is 11.8 Å². The van der Waals surface area contributed by atoms with E-state index in [4.69, 9.17) is 9.84 Å². The van der Waals surface area contributed by atoms with Gasteiger partial charge in [0.15, 0.2) is 0 Å². The Bertz CT molecular complexity index is 500. The maximum Gasteiger partial charge on any atom is 0.335 e. The standard InChI is InChI=1S/C15H19NO4S/c17-14(16-8-12-5-3-7-20-12)10-21-9-11-4-1-2-6-13(11)15(18)19/h1-2,4,6,12H,3,5,7-10H2,(H,16,17)(H,18,19). The Labute approximate surface area is 128 Å². The maximum atomic E-state index is 11.7. The molecule has 1 aliphatic rings. The van der Waals surface area contributed by atoms with Crippen molar-refractivity contribution in [2.24, 2.45) is 0 Å². The van der Waals surface area contributed by atoms with Gasteiger partial charge in [-0.3, -0.25) is 4.79 Å². The van der Waals surface area contributed by atoms with Crippen LogP contribution < -0.4 is 5.32 Å². The number of benzene rings is 1. The van der Waals surface area contributed by atoms with Crippen molar-refractivity contribution < 1.29 is 19.4 Å². The second-order valence-corrected chi connectivity index (χ2v) is 5.88. The highest BCUT2D eigenvalue weighted by Crippen LogP contribution is 2.16. The molecule has 1 heterocycles. The third kappa shape index (κ3) is 5.06. The van der Waals surface area contributed by atoms with Crippen molar-refractivity contribution in [1.29, 1.82) is 0 Å². The first-order valence-electron chi connectivity index (χ1n) is 6.94. The Hall–Kier alpha value is -1.53. The van der Waals surface area contributed by atoms with Gasteiger partial charge in [-0.2, -0.15) is 0 Å². The predicted octanol–water partition coefficient (Wildman–Crippen LogP) is 1.91. The molecule has 0 bridgehead atoms. The minimum atomic E-state index is -0.936. The monoisotopic (exact) mass is 309 g/mol. The quantitative estimate of drug-likeness (QED) is 0.805. The number of ether oxygens (including phenoxy) is 1. The summed E-state index contributed by atoms with van der Waals surface area (Å²) >= 11 is 1.41. The fourth-order valence-corrected chi connectivity index (χ4v) is 3.05. The van der Waals surface area contributed by atoms with E-state index in [0.29, 0.717) is 23.6 Å². The number of carbonyl (C=O) groups is 2. The summed E-state index contributed by atoms with van der Waals surface area (Å²) in [5.74, 6) is -0.145. The van der Waals surface area contributed by atoms with Crippen LogP contribution in [0.4, 0.5) is 0 Å². The van der Waals surface area contributed by atoms with E-state index in [2.05, 4.69) is 5.32 Å². The lowest BCUT2D eigenvalue weighted by Gasteiger charge is -2.10. The first-order valence-corrected chi connectivity index (χ1v) is 8.09. The highest BCUT2D eigenvalue weighted by Gasteiger charge is 2.16. The average molecular weight is 309 g/mol. The number of thioether (sulfide) groups is 1. The Morgan fingerprint density at radius 1 is 1.38 bits per heavy atom. The molecule has 1 fully saturated rings. The number of hydrogen-bond donors (Lipinski definition) is 2. The number of rotatable bonds is 7. The predicted molar refractivity (Wildman–Crippen MR) is 81.5 cm³/mol. The first kappa shape index (κ1) is 15.9. The summed E-state index contributed by atoms with van der Waals surface area (Å²) in [6.07, 6.45) is 2.20. The average Bonchev–Trinajstić information content (AvgIpc) is 2.99. The van der Waals surface area contributed by atoms with Gasteiger partial charge in [0.1, 0.15) is 0 Å². The third-order valence-corrected chi connectivity index (χ3v) is 4.27. The number of hydrogen-bond acceptors (Lipinski definition) is 4. The summed E-state index contributed by atoms with van der Waals surface area (Å²) in [4.78, 5) is 22.8. The maximum absolute atomic E-state index is 11.7. The Balaban J connectivity index is 1.71. The molecule has 1 aromatic rings. The van der Waals surface area contributed by atoms with Crippen molar-refractivity contribution in [2.75, 3.05) is 18.9 Å². The zero-order valence-corrected chi connectivity index (χ0v) is 12.5. The number of carboxylic acid groups (broad SMARTS) is 1. The number of amides is 1. The summed E-state index contributed by atoms with van der Waals surface area (Å²) in [5.41, 5.74) is 1.03. The molecule has 1 aromatic carbocycles. The summed E-state index contributed by atoms with van der Waals surface area (Å²) in [5, 5.41) is 11.9. The van der Waals surface area contributed by atoms with Gasteiger partial charge in [0, 0.05) is 18.9 Å². The second kappa shape index (κ2) is 8.05. The van der Waals surface area contributed by atoms with Crippen molar-refractivity contribution in [1.82, 2.24) is 5.32 Å². The van der Waals surface area contributed by atoms with Gasteiger partial charge >= 0.3 is 5.97 Å². The van der Waals surface area contributed by atoms with E-state index in [9.17, 15) is 9.59 Å². The molecule has 0 aromatic heterocycles. The van der Waals surface area contributed by atoms with E-state index in [1.807, 2.05) is 0 Å². The zero-order chi connectivity index (χ0) is 15.1. The van der Waals surface area contributed by atoms with Crippen molar-refractivity contribution in [2.45, 2.75) is 24.7 Å². The smallest absolute Gasteiger partial charge is 0.335 e. The zero-order valence-electron chi connectivity index (χ0n) is 11.7. The largest absolute Gasteiger partial charge is 0.478 e. The van der Waals surface area contributed by atoms with Crippen molar-refractivity contribution in [3.05, 3.63) is 35.4 Å². The minimum Gasteiger partial charge on any atom is -0.478 e. The van der Waals surface area contributed by atoms with Crippen LogP contribution in [0.3, 0.4) is 0 Å². The number of carboxylic acids is 1. The molecule has 1 unspecified atom stereocenters. The molecule has 21 heavy (non-hydrogen) atoms. The van der Waals surface area contributed by atoms with E-state index < -0.39 is 5.97 Å². The number of carbonyl (C=O) groups excluding carboxylic acids is 1. The topological polar surface area (TPSA) is 75.6 Å². The molecule has 0 aliphatic carbocycles. The molecule has 5 nitrogen and oxygen atoms in total. The van der Waals surface area contributed by atoms with Gasteiger partial charge < -0.3 is 15.2 Å². The van der Waals surface area contributed by atoms with Crippen LogP contribution in [0.1, 0.15) is 28.8 Å². The first-order chi connectivity index (χ1) is 10.2. The highest BCUT2D eigenvalue weighted by atomic mass is 32.2. The van der Waals surface area contributed by atoms with Crippen LogP contribution in [-0.4, -0.2) is 42.0 Å². The fraction of sp³-hybridized carbons (Fsp3) is 0.467. The SMILES string of the molecule is O=C(CSCc1ccccc1C(=O)O)NCC1CCCO1. The third-order valence-electron chi connectivity index (χ3n) is 3.29. The number of nitrogens with one attached hydrogen (secondary N) is 1. The Morgan fingerprint density at radius 2 is 2.19 bits per heavy atom. The van der Waals surface area contributed by atoms with Gasteiger partial charge in [-0.25, -0.2) is 4.79 Å². The molecule has 1 amide bonds. The van der Waals surface area contributed by atoms with Crippen LogP contribution in [0.2, 0.25) is 0 Å². The van der Waals surface area contributed by atoms with Crippen LogP contribution in [0.15, 0.2) is 24.3 Å². The van der Waals surface area contributed by atoms with Crippen LogP contribution in [0.5, 0.6) is 0 Å². The molecule has 2 rings (SSSR count). The van der Waals surface area contributed by atoms with E-state index in [0.717, 1.165) is 25.0 Å². The summed E-state index contributed by atoms with van der Waals surface area (Å²) in [6, 6.07) is 6.86. The lowest BCUT2D eigenvalue weighted by Crippen LogP contribution is -2.32.